The molecule has 0 aromatic heterocycles. The molecular formula is C16H18ClF3N2O4S. The van der Waals surface area contributed by atoms with Crippen LogP contribution in [-0.2, 0) is 20.4 Å². The lowest BCUT2D eigenvalue weighted by Crippen LogP contribution is -2.43. The number of hydrogen-bond donors (Lipinski definition) is 2. The molecule has 1 aliphatic rings. The quantitative estimate of drug-likeness (QED) is 0.626. The summed E-state index contributed by atoms with van der Waals surface area (Å²) in [6.07, 6.45) is 2.47. The van der Waals surface area contributed by atoms with Gasteiger partial charge in [0.1, 0.15) is 12.4 Å². The number of nitrogens with one attached hydrogen (secondary N) is 2. The van der Waals surface area contributed by atoms with Crippen molar-refractivity contribution in [1.29, 1.82) is 0 Å². The van der Waals surface area contributed by atoms with E-state index in [1.54, 1.807) is 6.07 Å². The third-order valence-corrected chi connectivity index (χ3v) is 5.56. The minimum atomic E-state index is -5.45. The number of carbonyl (C=O) groups excluding carboxylic acids is 1. The van der Waals surface area contributed by atoms with Gasteiger partial charge in [-0.25, -0.2) is 13.1 Å². The van der Waals surface area contributed by atoms with Gasteiger partial charge in [0.2, 0.25) is 5.91 Å². The molecule has 0 spiro atoms. The summed E-state index contributed by atoms with van der Waals surface area (Å²) in [6, 6.07) is 3.49. The smallest absolute Gasteiger partial charge is 0.492 e. The van der Waals surface area contributed by atoms with Crippen LogP contribution in [0, 0.1) is 0 Å². The van der Waals surface area contributed by atoms with Gasteiger partial charge in [0, 0.05) is 5.02 Å². The first-order chi connectivity index (χ1) is 12.4. The van der Waals surface area contributed by atoms with Gasteiger partial charge in [0.05, 0.1) is 11.6 Å². The zero-order chi connectivity index (χ0) is 20.5. The summed E-state index contributed by atoms with van der Waals surface area (Å²) in [6.45, 7) is 4.31. The fourth-order valence-electron chi connectivity index (χ4n) is 2.42. The number of sulfonamides is 1. The highest BCUT2D eigenvalue weighted by Crippen LogP contribution is 2.49. The van der Waals surface area contributed by atoms with Gasteiger partial charge >= 0.3 is 15.5 Å². The van der Waals surface area contributed by atoms with Crippen LogP contribution in [0.5, 0.6) is 5.75 Å². The summed E-state index contributed by atoms with van der Waals surface area (Å²) in [5, 5.41) is 3.20. The predicted octanol–water partition coefficient (Wildman–Crippen LogP) is 2.84. The number of carbonyl (C=O) groups is 1. The van der Waals surface area contributed by atoms with Crippen molar-refractivity contribution in [1.82, 2.24) is 10.0 Å². The van der Waals surface area contributed by atoms with Crippen LogP contribution in [0.3, 0.4) is 0 Å². The third-order valence-electron chi connectivity index (χ3n) is 3.91. The fourth-order valence-corrected chi connectivity index (χ4v) is 3.45. The predicted molar refractivity (Wildman–Crippen MR) is 93.8 cm³/mol. The molecule has 1 aromatic carbocycles. The Balaban J connectivity index is 2.07. The standard InChI is InChI=1S/C16H18ClF3N2O4S/c1-3-14(23)21-15(6-7-15)12-8-11(4-5-13(12)17)26-9-10(2)22-27(24,25)16(18,19)20/h3-5,8,10,22H,1,6-7,9H2,2H3,(H,21,23)/t10-/m0/s1. The number of halogens is 4. The van der Waals surface area contributed by atoms with Gasteiger partial charge in [-0.1, -0.05) is 18.2 Å². The average molecular weight is 427 g/mol. The van der Waals surface area contributed by atoms with Gasteiger partial charge in [-0.3, -0.25) is 4.79 Å². The van der Waals surface area contributed by atoms with Crippen LogP contribution >= 0.6 is 11.6 Å². The van der Waals surface area contributed by atoms with Crippen LogP contribution in [0.15, 0.2) is 30.9 Å². The van der Waals surface area contributed by atoms with E-state index in [2.05, 4.69) is 11.9 Å². The minimum Gasteiger partial charge on any atom is -0.492 e. The topological polar surface area (TPSA) is 84.5 Å². The summed E-state index contributed by atoms with van der Waals surface area (Å²) in [5.41, 5.74) is -5.41. The summed E-state index contributed by atoms with van der Waals surface area (Å²) < 4.78 is 66.2. The molecule has 1 saturated carbocycles. The van der Waals surface area contributed by atoms with Crippen molar-refractivity contribution < 1.29 is 31.1 Å². The van der Waals surface area contributed by atoms with Crippen molar-refractivity contribution in [2.24, 2.45) is 0 Å². The first-order valence-electron chi connectivity index (χ1n) is 7.86. The first-order valence-corrected chi connectivity index (χ1v) is 9.72. The normalized spacial score (nSPS) is 17.1. The van der Waals surface area contributed by atoms with E-state index in [0.29, 0.717) is 23.4 Å². The molecule has 0 aliphatic heterocycles. The van der Waals surface area contributed by atoms with E-state index in [1.807, 2.05) is 0 Å². The van der Waals surface area contributed by atoms with Crippen LogP contribution in [0.1, 0.15) is 25.3 Å². The minimum absolute atomic E-state index is 0.284. The van der Waals surface area contributed by atoms with E-state index < -0.39 is 27.1 Å². The van der Waals surface area contributed by atoms with Gasteiger partial charge in [-0.05, 0) is 49.6 Å². The van der Waals surface area contributed by atoms with Gasteiger partial charge in [-0.2, -0.15) is 13.2 Å². The van der Waals surface area contributed by atoms with Crippen molar-refractivity contribution in [2.45, 2.75) is 36.9 Å². The van der Waals surface area contributed by atoms with E-state index in [-0.39, 0.29) is 18.3 Å². The molecule has 0 heterocycles. The maximum Gasteiger partial charge on any atom is 0.511 e. The summed E-state index contributed by atoms with van der Waals surface area (Å²) >= 11 is 6.20. The highest BCUT2D eigenvalue weighted by Gasteiger charge is 2.47. The number of hydrogen-bond acceptors (Lipinski definition) is 4. The van der Waals surface area contributed by atoms with Gasteiger partial charge in [0.25, 0.3) is 0 Å². The number of alkyl halides is 3. The van der Waals surface area contributed by atoms with E-state index in [9.17, 15) is 26.4 Å². The lowest BCUT2D eigenvalue weighted by Gasteiger charge is -2.20. The van der Waals surface area contributed by atoms with Crippen molar-refractivity contribution in [3.05, 3.63) is 41.4 Å². The lowest BCUT2D eigenvalue weighted by atomic mass is 10.0. The Morgan fingerprint density at radius 3 is 2.59 bits per heavy atom. The molecule has 1 aromatic rings. The monoisotopic (exact) mass is 426 g/mol. The Kier molecular flexibility index (Phi) is 6.13. The molecular weight excluding hydrogens is 409 g/mol. The van der Waals surface area contributed by atoms with Crippen molar-refractivity contribution in [3.8, 4) is 5.75 Å². The van der Waals surface area contributed by atoms with E-state index in [1.165, 1.54) is 23.8 Å². The molecule has 2 rings (SSSR count). The van der Waals surface area contributed by atoms with Crippen LogP contribution in [0.2, 0.25) is 5.02 Å². The molecule has 150 valence electrons. The lowest BCUT2D eigenvalue weighted by molar-refractivity contribution is -0.117. The SMILES string of the molecule is C=CC(=O)NC1(c2cc(OC[C@H](C)NS(=O)(=O)C(F)(F)F)ccc2Cl)CC1. The van der Waals surface area contributed by atoms with E-state index in [4.69, 9.17) is 16.3 Å². The fraction of sp³-hybridized carbons (Fsp3) is 0.438. The van der Waals surface area contributed by atoms with E-state index >= 15 is 0 Å². The Hall–Kier alpha value is -1.78. The molecule has 1 amide bonds. The van der Waals surface area contributed by atoms with Crippen molar-refractivity contribution in [3.63, 3.8) is 0 Å². The molecule has 2 N–H and O–H groups in total. The van der Waals surface area contributed by atoms with E-state index in [0.717, 1.165) is 6.08 Å². The molecule has 27 heavy (non-hydrogen) atoms. The zero-order valence-electron chi connectivity index (χ0n) is 14.3. The van der Waals surface area contributed by atoms with Gasteiger partial charge < -0.3 is 10.1 Å². The van der Waals surface area contributed by atoms with Crippen LogP contribution in [0.4, 0.5) is 13.2 Å². The Morgan fingerprint density at radius 2 is 2.07 bits per heavy atom. The van der Waals surface area contributed by atoms with Crippen LogP contribution in [-0.4, -0.2) is 32.5 Å². The van der Waals surface area contributed by atoms with Gasteiger partial charge in [-0.15, -0.1) is 0 Å². The number of amides is 1. The third kappa shape index (κ3) is 5.14. The number of rotatable bonds is 8. The second-order valence-electron chi connectivity index (χ2n) is 6.20. The molecule has 11 heteroatoms. The van der Waals surface area contributed by atoms with Gasteiger partial charge in [0.15, 0.2) is 0 Å². The number of ether oxygens (including phenoxy) is 1. The molecule has 0 radical (unpaired) electrons. The highest BCUT2D eigenvalue weighted by molar-refractivity contribution is 7.90. The molecule has 0 bridgehead atoms. The molecule has 1 atom stereocenters. The Labute approximate surface area is 159 Å². The Bertz CT molecular complexity index is 839. The molecule has 0 unspecified atom stereocenters. The second-order valence-corrected chi connectivity index (χ2v) is 8.31. The maximum atomic E-state index is 12.4. The molecule has 1 aliphatic carbocycles. The second kappa shape index (κ2) is 7.69. The largest absolute Gasteiger partial charge is 0.511 e. The number of benzene rings is 1. The maximum absolute atomic E-state index is 12.4. The summed E-state index contributed by atoms with van der Waals surface area (Å²) in [4.78, 5) is 11.6. The first kappa shape index (κ1) is 21.5. The summed E-state index contributed by atoms with van der Waals surface area (Å²) in [7, 11) is -5.45. The van der Waals surface area contributed by atoms with Crippen molar-refractivity contribution in [2.75, 3.05) is 6.61 Å². The van der Waals surface area contributed by atoms with Crippen LogP contribution < -0.4 is 14.8 Å². The molecule has 0 saturated heterocycles. The Morgan fingerprint density at radius 1 is 1.44 bits per heavy atom. The summed E-state index contributed by atoms with van der Waals surface area (Å²) in [5.74, 6) is -0.0725. The van der Waals surface area contributed by atoms with Crippen LogP contribution in [0.25, 0.3) is 0 Å². The molecule has 6 nitrogen and oxygen atoms in total. The highest BCUT2D eigenvalue weighted by atomic mass is 35.5. The molecule has 1 fully saturated rings. The van der Waals surface area contributed by atoms with Crippen molar-refractivity contribution >= 4 is 27.5 Å². The average Bonchev–Trinajstić information content (AvgIpc) is 3.32. The zero-order valence-corrected chi connectivity index (χ0v) is 15.8.